The largest absolute Gasteiger partial charge is 0.490 e. The Morgan fingerprint density at radius 2 is 1.86 bits per heavy atom. The number of hydrogen-bond donors (Lipinski definition) is 1. The molecular weight excluding hydrogens is 330 g/mol. The first-order valence-electron chi connectivity index (χ1n) is 6.94. The van der Waals surface area contributed by atoms with Crippen molar-refractivity contribution in [3.8, 4) is 11.5 Å². The summed E-state index contributed by atoms with van der Waals surface area (Å²) in [6, 6.07) is 14.1. The Labute approximate surface area is 134 Å². The molecule has 2 aromatic carbocycles. The molecule has 2 aromatic rings. The number of benzene rings is 2. The fourth-order valence-electron chi connectivity index (χ4n) is 1.99. The molecule has 0 spiro atoms. The third-order valence-corrected chi connectivity index (χ3v) is 3.53. The third-order valence-electron chi connectivity index (χ3n) is 3.04. The molecule has 1 N–H and O–H groups in total. The van der Waals surface area contributed by atoms with E-state index < -0.39 is 0 Å². The second-order valence-corrected chi connectivity index (χ2v) is 5.70. The van der Waals surface area contributed by atoms with E-state index in [1.54, 1.807) is 0 Å². The average molecular weight is 350 g/mol. The monoisotopic (exact) mass is 349 g/mol. The molecule has 0 heterocycles. The fourth-order valence-corrected chi connectivity index (χ4v) is 2.33. The first-order valence-corrected chi connectivity index (χ1v) is 7.73. The van der Waals surface area contributed by atoms with E-state index >= 15 is 0 Å². The van der Waals surface area contributed by atoms with Crippen molar-refractivity contribution in [2.75, 3.05) is 20.3 Å². The van der Waals surface area contributed by atoms with Crippen molar-refractivity contribution in [3.05, 3.63) is 58.1 Å². The van der Waals surface area contributed by atoms with Gasteiger partial charge < -0.3 is 14.8 Å². The van der Waals surface area contributed by atoms with Crippen LogP contribution in [0, 0.1) is 6.92 Å². The summed E-state index contributed by atoms with van der Waals surface area (Å²) in [5.74, 6) is 1.76. The minimum Gasteiger partial charge on any atom is -0.490 e. The van der Waals surface area contributed by atoms with Gasteiger partial charge in [-0.15, -0.1) is 0 Å². The van der Waals surface area contributed by atoms with Crippen LogP contribution in [0.2, 0.25) is 0 Å². The molecule has 0 aromatic heterocycles. The fraction of sp³-hybridized carbons (Fsp3) is 0.294. The molecule has 0 unspecified atom stereocenters. The highest BCUT2D eigenvalue weighted by molar-refractivity contribution is 9.10. The van der Waals surface area contributed by atoms with Gasteiger partial charge in [0.15, 0.2) is 0 Å². The Hall–Kier alpha value is -1.52. The Balaban J connectivity index is 1.81. The van der Waals surface area contributed by atoms with E-state index in [0.717, 1.165) is 28.1 Å². The summed E-state index contributed by atoms with van der Waals surface area (Å²) < 4.78 is 12.5. The van der Waals surface area contributed by atoms with E-state index in [2.05, 4.69) is 27.3 Å². The number of rotatable bonds is 7. The lowest BCUT2D eigenvalue weighted by molar-refractivity contribution is 0.216. The number of halogens is 1. The molecule has 0 atom stereocenters. The Kier molecular flexibility index (Phi) is 6.08. The quantitative estimate of drug-likeness (QED) is 0.768. The molecule has 112 valence electrons. The summed E-state index contributed by atoms with van der Waals surface area (Å²) in [5.41, 5.74) is 2.33. The second kappa shape index (κ2) is 8.05. The van der Waals surface area contributed by atoms with Crippen molar-refractivity contribution in [1.82, 2.24) is 5.32 Å². The van der Waals surface area contributed by atoms with Crippen molar-refractivity contribution >= 4 is 15.9 Å². The Morgan fingerprint density at radius 1 is 1.05 bits per heavy atom. The molecule has 0 aliphatic heterocycles. The minimum absolute atomic E-state index is 0.521. The summed E-state index contributed by atoms with van der Waals surface area (Å²) in [7, 11) is 1.93. The van der Waals surface area contributed by atoms with Gasteiger partial charge in [0.25, 0.3) is 0 Å². The average Bonchev–Trinajstić information content (AvgIpc) is 2.48. The van der Waals surface area contributed by atoms with E-state index in [1.165, 1.54) is 5.56 Å². The standard InChI is InChI=1S/C17H20BrNO2/c1-13-6-7-15(18)11-17(13)21-9-8-20-16-5-3-4-14(10-16)12-19-2/h3-7,10-11,19H,8-9,12H2,1-2H3. The van der Waals surface area contributed by atoms with Crippen LogP contribution in [0.5, 0.6) is 11.5 Å². The second-order valence-electron chi connectivity index (χ2n) is 4.78. The molecule has 0 saturated carbocycles. The topological polar surface area (TPSA) is 30.5 Å². The van der Waals surface area contributed by atoms with E-state index in [1.807, 2.05) is 50.4 Å². The third kappa shape index (κ3) is 5.06. The van der Waals surface area contributed by atoms with Gasteiger partial charge in [-0.2, -0.15) is 0 Å². The number of nitrogens with one attached hydrogen (secondary N) is 1. The maximum absolute atomic E-state index is 5.75. The maximum Gasteiger partial charge on any atom is 0.123 e. The first-order chi connectivity index (χ1) is 10.2. The normalized spacial score (nSPS) is 10.4. The Bertz CT molecular complexity index is 587. The van der Waals surface area contributed by atoms with Crippen molar-refractivity contribution < 1.29 is 9.47 Å². The van der Waals surface area contributed by atoms with Crippen LogP contribution in [0.15, 0.2) is 46.9 Å². The van der Waals surface area contributed by atoms with E-state index in [-0.39, 0.29) is 0 Å². The predicted octanol–water partition coefficient (Wildman–Crippen LogP) is 3.93. The zero-order valence-corrected chi connectivity index (χ0v) is 13.9. The highest BCUT2D eigenvalue weighted by atomic mass is 79.9. The molecule has 4 heteroatoms. The highest BCUT2D eigenvalue weighted by Gasteiger charge is 2.01. The van der Waals surface area contributed by atoms with Crippen molar-refractivity contribution in [2.45, 2.75) is 13.5 Å². The van der Waals surface area contributed by atoms with Crippen LogP contribution in [0.1, 0.15) is 11.1 Å². The van der Waals surface area contributed by atoms with Crippen molar-refractivity contribution in [2.24, 2.45) is 0 Å². The molecule has 0 bridgehead atoms. The summed E-state index contributed by atoms with van der Waals surface area (Å²) >= 11 is 3.45. The van der Waals surface area contributed by atoms with Crippen LogP contribution in [-0.4, -0.2) is 20.3 Å². The highest BCUT2D eigenvalue weighted by Crippen LogP contribution is 2.22. The van der Waals surface area contributed by atoms with Crippen molar-refractivity contribution in [3.63, 3.8) is 0 Å². The minimum atomic E-state index is 0.521. The summed E-state index contributed by atoms with van der Waals surface area (Å²) in [4.78, 5) is 0. The molecule has 0 aliphatic rings. The van der Waals surface area contributed by atoms with Gasteiger partial charge in [-0.25, -0.2) is 0 Å². The van der Waals surface area contributed by atoms with Crippen LogP contribution >= 0.6 is 15.9 Å². The van der Waals surface area contributed by atoms with E-state index in [4.69, 9.17) is 9.47 Å². The molecule has 0 aliphatic carbocycles. The van der Waals surface area contributed by atoms with Crippen LogP contribution in [-0.2, 0) is 6.54 Å². The van der Waals surface area contributed by atoms with Gasteiger partial charge in [-0.3, -0.25) is 0 Å². The van der Waals surface area contributed by atoms with Crippen LogP contribution in [0.25, 0.3) is 0 Å². The first kappa shape index (κ1) is 15.9. The maximum atomic E-state index is 5.75. The molecule has 0 radical (unpaired) electrons. The zero-order chi connectivity index (χ0) is 15.1. The predicted molar refractivity (Wildman–Crippen MR) is 89.1 cm³/mol. The number of hydrogen-bond acceptors (Lipinski definition) is 3. The van der Waals surface area contributed by atoms with Gasteiger partial charge in [0.05, 0.1) is 0 Å². The molecular formula is C17H20BrNO2. The number of ether oxygens (including phenoxy) is 2. The van der Waals surface area contributed by atoms with Gasteiger partial charge in [0, 0.05) is 11.0 Å². The van der Waals surface area contributed by atoms with Crippen LogP contribution in [0.4, 0.5) is 0 Å². The summed E-state index contributed by atoms with van der Waals surface area (Å²) in [6.45, 7) is 3.91. The SMILES string of the molecule is CNCc1cccc(OCCOc2cc(Br)ccc2C)c1. The van der Waals surface area contributed by atoms with Crippen LogP contribution < -0.4 is 14.8 Å². The molecule has 21 heavy (non-hydrogen) atoms. The lowest BCUT2D eigenvalue weighted by Gasteiger charge is -2.11. The van der Waals surface area contributed by atoms with Gasteiger partial charge in [0.1, 0.15) is 24.7 Å². The summed E-state index contributed by atoms with van der Waals surface area (Å²) in [5, 5.41) is 3.13. The van der Waals surface area contributed by atoms with E-state index in [9.17, 15) is 0 Å². The molecule has 3 nitrogen and oxygen atoms in total. The Morgan fingerprint density at radius 3 is 2.67 bits per heavy atom. The van der Waals surface area contributed by atoms with E-state index in [0.29, 0.717) is 13.2 Å². The molecule has 0 amide bonds. The zero-order valence-electron chi connectivity index (χ0n) is 12.4. The van der Waals surface area contributed by atoms with Gasteiger partial charge in [-0.05, 0) is 49.4 Å². The smallest absolute Gasteiger partial charge is 0.123 e. The summed E-state index contributed by atoms with van der Waals surface area (Å²) in [6.07, 6.45) is 0. The number of aryl methyl sites for hydroxylation is 1. The van der Waals surface area contributed by atoms with Gasteiger partial charge in [-0.1, -0.05) is 34.1 Å². The van der Waals surface area contributed by atoms with Gasteiger partial charge in [0.2, 0.25) is 0 Å². The lowest BCUT2D eigenvalue weighted by atomic mass is 10.2. The lowest BCUT2D eigenvalue weighted by Crippen LogP contribution is -2.10. The molecule has 0 fully saturated rings. The molecule has 2 rings (SSSR count). The molecule has 0 saturated heterocycles. The van der Waals surface area contributed by atoms with Crippen molar-refractivity contribution in [1.29, 1.82) is 0 Å². The van der Waals surface area contributed by atoms with Gasteiger partial charge >= 0.3 is 0 Å². The van der Waals surface area contributed by atoms with Crippen LogP contribution in [0.3, 0.4) is 0 Å².